The monoisotopic (exact) mass is 309 g/mol. The molecule has 108 valence electrons. The molecule has 0 aliphatic carbocycles. The molecule has 6 heteroatoms. The standard InChI is InChI=1S/C14H19N3OS2/c1-10-4-5-13(20-14-17-16-11(2)19-14)12(8-10)9-15-6-7-18-3/h4-5,8,15H,6-7,9H2,1-3H3. The third-order valence-corrected chi connectivity index (χ3v) is 4.73. The maximum atomic E-state index is 5.05. The van der Waals surface area contributed by atoms with Crippen LogP contribution in [-0.4, -0.2) is 30.5 Å². The molecule has 2 rings (SSSR count). The van der Waals surface area contributed by atoms with Crippen LogP contribution >= 0.6 is 23.1 Å². The number of hydrogen-bond acceptors (Lipinski definition) is 6. The van der Waals surface area contributed by atoms with Gasteiger partial charge in [0.2, 0.25) is 0 Å². The Hall–Kier alpha value is -0.950. The molecule has 4 nitrogen and oxygen atoms in total. The van der Waals surface area contributed by atoms with Crippen LogP contribution in [0.4, 0.5) is 0 Å². The van der Waals surface area contributed by atoms with Crippen LogP contribution in [0.1, 0.15) is 16.1 Å². The Morgan fingerprint density at radius 2 is 2.15 bits per heavy atom. The molecular weight excluding hydrogens is 290 g/mol. The van der Waals surface area contributed by atoms with Gasteiger partial charge in [0.15, 0.2) is 4.34 Å². The minimum atomic E-state index is 0.726. The molecule has 0 unspecified atom stereocenters. The first kappa shape index (κ1) is 15.4. The highest BCUT2D eigenvalue weighted by Gasteiger charge is 2.08. The fourth-order valence-corrected chi connectivity index (χ4v) is 3.64. The summed E-state index contributed by atoms with van der Waals surface area (Å²) in [5.74, 6) is 0. The number of nitrogens with one attached hydrogen (secondary N) is 1. The molecule has 1 heterocycles. The molecule has 0 atom stereocenters. The van der Waals surface area contributed by atoms with E-state index in [1.165, 1.54) is 16.0 Å². The van der Waals surface area contributed by atoms with Gasteiger partial charge in [-0.3, -0.25) is 0 Å². The molecule has 0 saturated heterocycles. The van der Waals surface area contributed by atoms with Crippen LogP contribution in [0.5, 0.6) is 0 Å². The molecule has 1 aromatic heterocycles. The number of methoxy groups -OCH3 is 1. The topological polar surface area (TPSA) is 47.0 Å². The van der Waals surface area contributed by atoms with E-state index in [1.54, 1.807) is 30.2 Å². The van der Waals surface area contributed by atoms with Gasteiger partial charge in [0, 0.05) is 25.1 Å². The summed E-state index contributed by atoms with van der Waals surface area (Å²) < 4.78 is 6.04. The summed E-state index contributed by atoms with van der Waals surface area (Å²) in [5.41, 5.74) is 2.56. The lowest BCUT2D eigenvalue weighted by atomic mass is 10.1. The molecule has 0 bridgehead atoms. The molecule has 0 aliphatic rings. The zero-order valence-corrected chi connectivity index (χ0v) is 13.6. The lowest BCUT2D eigenvalue weighted by Gasteiger charge is -2.10. The highest BCUT2D eigenvalue weighted by atomic mass is 32.2. The van der Waals surface area contributed by atoms with Gasteiger partial charge in [-0.15, -0.1) is 10.2 Å². The molecule has 2 aromatic rings. The van der Waals surface area contributed by atoms with E-state index in [0.717, 1.165) is 29.0 Å². The van der Waals surface area contributed by atoms with Gasteiger partial charge in [-0.05, 0) is 25.5 Å². The molecule has 0 spiro atoms. The second-order valence-corrected chi connectivity index (χ2v) is 6.94. The van der Waals surface area contributed by atoms with Crippen molar-refractivity contribution >= 4 is 23.1 Å². The van der Waals surface area contributed by atoms with Crippen LogP contribution in [0, 0.1) is 13.8 Å². The van der Waals surface area contributed by atoms with Crippen molar-refractivity contribution in [3.05, 3.63) is 34.3 Å². The molecule has 20 heavy (non-hydrogen) atoms. The zero-order valence-electron chi connectivity index (χ0n) is 12.0. The van der Waals surface area contributed by atoms with Crippen molar-refractivity contribution in [3.8, 4) is 0 Å². The lowest BCUT2D eigenvalue weighted by molar-refractivity contribution is 0.199. The Labute approximate surface area is 128 Å². The SMILES string of the molecule is COCCNCc1cc(C)ccc1Sc1nnc(C)s1. The molecular formula is C14H19N3OS2. The van der Waals surface area contributed by atoms with E-state index in [0.29, 0.717) is 0 Å². The summed E-state index contributed by atoms with van der Waals surface area (Å²) in [5, 5.41) is 12.6. The van der Waals surface area contributed by atoms with Crippen LogP contribution in [0.3, 0.4) is 0 Å². The van der Waals surface area contributed by atoms with E-state index in [1.807, 2.05) is 6.92 Å². The maximum absolute atomic E-state index is 5.05. The summed E-state index contributed by atoms with van der Waals surface area (Å²) in [6.07, 6.45) is 0. The first-order valence-corrected chi connectivity index (χ1v) is 8.09. The van der Waals surface area contributed by atoms with E-state index >= 15 is 0 Å². The Balaban J connectivity index is 2.06. The zero-order chi connectivity index (χ0) is 14.4. The van der Waals surface area contributed by atoms with E-state index in [-0.39, 0.29) is 0 Å². The van der Waals surface area contributed by atoms with Crippen molar-refractivity contribution < 1.29 is 4.74 Å². The smallest absolute Gasteiger partial charge is 0.179 e. The minimum absolute atomic E-state index is 0.726. The van der Waals surface area contributed by atoms with Crippen molar-refractivity contribution in [2.75, 3.05) is 20.3 Å². The van der Waals surface area contributed by atoms with Crippen LogP contribution in [0.25, 0.3) is 0 Å². The van der Waals surface area contributed by atoms with Gasteiger partial charge in [-0.1, -0.05) is 40.8 Å². The molecule has 0 saturated carbocycles. The largest absolute Gasteiger partial charge is 0.383 e. The van der Waals surface area contributed by atoms with Crippen LogP contribution in [0.2, 0.25) is 0 Å². The second kappa shape index (κ2) is 7.73. The van der Waals surface area contributed by atoms with Crippen LogP contribution in [0.15, 0.2) is 27.4 Å². The van der Waals surface area contributed by atoms with E-state index in [9.17, 15) is 0 Å². The molecule has 1 N–H and O–H groups in total. The number of rotatable bonds is 7. The first-order valence-electron chi connectivity index (χ1n) is 6.46. The van der Waals surface area contributed by atoms with Gasteiger partial charge in [-0.25, -0.2) is 0 Å². The fraction of sp³-hybridized carbons (Fsp3) is 0.429. The molecule has 0 amide bonds. The number of benzene rings is 1. The molecule has 0 aliphatic heterocycles. The van der Waals surface area contributed by atoms with Crippen molar-refractivity contribution in [2.24, 2.45) is 0 Å². The van der Waals surface area contributed by atoms with E-state index in [4.69, 9.17) is 4.74 Å². The number of aromatic nitrogens is 2. The molecule has 0 radical (unpaired) electrons. The summed E-state index contributed by atoms with van der Waals surface area (Å²) in [6, 6.07) is 6.51. The quantitative estimate of drug-likeness (QED) is 0.797. The number of nitrogens with zero attached hydrogens (tertiary/aromatic N) is 2. The highest BCUT2D eigenvalue weighted by Crippen LogP contribution is 2.32. The van der Waals surface area contributed by atoms with Gasteiger partial charge in [0.25, 0.3) is 0 Å². The maximum Gasteiger partial charge on any atom is 0.179 e. The Kier molecular flexibility index (Phi) is 5.97. The minimum Gasteiger partial charge on any atom is -0.383 e. The van der Waals surface area contributed by atoms with Crippen LogP contribution < -0.4 is 5.32 Å². The van der Waals surface area contributed by atoms with Crippen molar-refractivity contribution in [2.45, 2.75) is 29.6 Å². The van der Waals surface area contributed by atoms with Crippen molar-refractivity contribution in [1.29, 1.82) is 0 Å². The first-order chi connectivity index (χ1) is 9.69. The number of ether oxygens (including phenoxy) is 1. The van der Waals surface area contributed by atoms with Gasteiger partial charge in [0.1, 0.15) is 5.01 Å². The van der Waals surface area contributed by atoms with E-state index in [2.05, 4.69) is 40.6 Å². The predicted molar refractivity (Wildman–Crippen MR) is 83.5 cm³/mol. The summed E-state index contributed by atoms with van der Waals surface area (Å²) in [4.78, 5) is 1.23. The third-order valence-electron chi connectivity index (χ3n) is 2.72. The summed E-state index contributed by atoms with van der Waals surface area (Å²) in [7, 11) is 1.72. The van der Waals surface area contributed by atoms with E-state index < -0.39 is 0 Å². The highest BCUT2D eigenvalue weighted by molar-refractivity contribution is 8.01. The predicted octanol–water partition coefficient (Wildman–Crippen LogP) is 3.04. The number of hydrogen-bond donors (Lipinski definition) is 1. The van der Waals surface area contributed by atoms with Crippen molar-refractivity contribution in [3.63, 3.8) is 0 Å². The molecule has 1 aromatic carbocycles. The average Bonchev–Trinajstić information content (AvgIpc) is 2.83. The van der Waals surface area contributed by atoms with Gasteiger partial charge >= 0.3 is 0 Å². The van der Waals surface area contributed by atoms with Gasteiger partial charge in [0.05, 0.1) is 6.61 Å². The van der Waals surface area contributed by atoms with Gasteiger partial charge < -0.3 is 10.1 Å². The van der Waals surface area contributed by atoms with Gasteiger partial charge in [-0.2, -0.15) is 0 Å². The third kappa shape index (κ3) is 4.56. The molecule has 0 fully saturated rings. The Morgan fingerprint density at radius 3 is 2.85 bits per heavy atom. The van der Waals surface area contributed by atoms with Crippen LogP contribution in [-0.2, 0) is 11.3 Å². The number of aryl methyl sites for hydroxylation is 2. The Bertz CT molecular complexity index is 557. The normalized spacial score (nSPS) is 10.9. The fourth-order valence-electron chi connectivity index (χ4n) is 1.76. The Morgan fingerprint density at radius 1 is 1.30 bits per heavy atom. The second-order valence-electron chi connectivity index (χ2n) is 4.47. The average molecular weight is 309 g/mol. The summed E-state index contributed by atoms with van der Waals surface area (Å²) in [6.45, 7) is 6.51. The lowest BCUT2D eigenvalue weighted by Crippen LogP contribution is -2.18. The van der Waals surface area contributed by atoms with Crippen molar-refractivity contribution in [1.82, 2.24) is 15.5 Å². The summed E-state index contributed by atoms with van der Waals surface area (Å²) >= 11 is 3.31.